The van der Waals surface area contributed by atoms with Crippen LogP contribution in [0.5, 0.6) is 0 Å². The smallest absolute Gasteiger partial charge is 0.0618 e. The van der Waals surface area contributed by atoms with Crippen LogP contribution in [-0.4, -0.2) is 17.3 Å². The van der Waals surface area contributed by atoms with E-state index in [1.54, 1.807) is 11.8 Å². The highest BCUT2D eigenvalue weighted by Gasteiger charge is 2.17. The molecule has 2 nitrogen and oxygen atoms in total. The number of pyridine rings is 1. The van der Waals surface area contributed by atoms with Gasteiger partial charge in [0.2, 0.25) is 0 Å². The molecule has 2 atom stereocenters. The first-order chi connectivity index (χ1) is 6.29. The lowest BCUT2D eigenvalue weighted by Crippen LogP contribution is -2.26. The van der Waals surface area contributed by atoms with Crippen molar-refractivity contribution in [2.75, 3.05) is 6.26 Å². The van der Waals surface area contributed by atoms with Gasteiger partial charge in [-0.25, -0.2) is 0 Å². The van der Waals surface area contributed by atoms with E-state index < -0.39 is 0 Å². The zero-order valence-corrected chi connectivity index (χ0v) is 8.92. The van der Waals surface area contributed by atoms with Crippen LogP contribution in [-0.2, 0) is 0 Å². The first-order valence-electron chi connectivity index (χ1n) is 4.49. The molecule has 2 N–H and O–H groups in total. The third kappa shape index (κ3) is 2.71. The molecular weight excluding hydrogens is 180 g/mol. The first kappa shape index (κ1) is 10.5. The molecule has 0 aliphatic heterocycles. The van der Waals surface area contributed by atoms with Crippen molar-refractivity contribution in [2.24, 2.45) is 5.73 Å². The summed E-state index contributed by atoms with van der Waals surface area (Å²) in [5.74, 6) is 0. The Morgan fingerprint density at radius 1 is 1.54 bits per heavy atom. The molecule has 0 spiro atoms. The van der Waals surface area contributed by atoms with E-state index in [1.807, 2.05) is 24.4 Å². The van der Waals surface area contributed by atoms with Gasteiger partial charge in [0.05, 0.1) is 10.9 Å². The first-order valence-corrected chi connectivity index (χ1v) is 5.77. The van der Waals surface area contributed by atoms with Crippen LogP contribution in [0, 0.1) is 0 Å². The number of rotatable bonds is 4. The predicted octanol–water partition coefficient (Wildman–Crippen LogP) is 2.22. The number of aromatic nitrogens is 1. The minimum Gasteiger partial charge on any atom is -0.326 e. The van der Waals surface area contributed by atoms with E-state index in [1.165, 1.54) is 0 Å². The summed E-state index contributed by atoms with van der Waals surface area (Å²) in [7, 11) is 0. The highest BCUT2D eigenvalue weighted by Crippen LogP contribution is 2.28. The van der Waals surface area contributed by atoms with E-state index >= 15 is 0 Å². The summed E-state index contributed by atoms with van der Waals surface area (Å²) in [6, 6.07) is 6.17. The Balaban J connectivity index is 2.78. The zero-order valence-electron chi connectivity index (χ0n) is 8.10. The molecule has 0 aliphatic rings. The Hall–Kier alpha value is -0.540. The van der Waals surface area contributed by atoms with Crippen molar-refractivity contribution in [3.63, 3.8) is 0 Å². The molecule has 0 fully saturated rings. The predicted molar refractivity (Wildman–Crippen MR) is 58.8 cm³/mol. The van der Waals surface area contributed by atoms with E-state index in [4.69, 9.17) is 5.73 Å². The zero-order chi connectivity index (χ0) is 9.68. The fourth-order valence-corrected chi connectivity index (χ4v) is 2.20. The van der Waals surface area contributed by atoms with Gasteiger partial charge in [-0.2, -0.15) is 11.8 Å². The standard InChI is InChI=1S/C10H16N2S/c1-3-8(11)10(13-2)9-6-4-5-7-12-9/h4-8,10H,3,11H2,1-2H3. The van der Waals surface area contributed by atoms with Crippen molar-refractivity contribution < 1.29 is 0 Å². The molecule has 1 rings (SSSR count). The van der Waals surface area contributed by atoms with Crippen molar-refractivity contribution >= 4 is 11.8 Å². The van der Waals surface area contributed by atoms with Crippen LogP contribution in [0.3, 0.4) is 0 Å². The summed E-state index contributed by atoms with van der Waals surface area (Å²) in [5.41, 5.74) is 7.09. The molecular formula is C10H16N2S. The molecule has 0 amide bonds. The van der Waals surface area contributed by atoms with E-state index in [0.29, 0.717) is 5.25 Å². The van der Waals surface area contributed by atoms with Gasteiger partial charge in [-0.05, 0) is 24.8 Å². The van der Waals surface area contributed by atoms with Gasteiger partial charge < -0.3 is 5.73 Å². The fraction of sp³-hybridized carbons (Fsp3) is 0.500. The average Bonchev–Trinajstić information content (AvgIpc) is 2.20. The van der Waals surface area contributed by atoms with Crippen LogP contribution in [0.4, 0.5) is 0 Å². The minimum atomic E-state index is 0.199. The number of hydrogen-bond donors (Lipinski definition) is 1. The summed E-state index contributed by atoms with van der Waals surface area (Å²) in [6.45, 7) is 2.11. The second-order valence-electron chi connectivity index (χ2n) is 2.98. The molecule has 0 aliphatic carbocycles. The lowest BCUT2D eigenvalue weighted by Gasteiger charge is -2.19. The van der Waals surface area contributed by atoms with Gasteiger partial charge in [0.1, 0.15) is 0 Å². The third-order valence-corrected chi connectivity index (χ3v) is 3.19. The van der Waals surface area contributed by atoms with Gasteiger partial charge in [-0.15, -0.1) is 0 Å². The maximum Gasteiger partial charge on any atom is 0.0618 e. The van der Waals surface area contributed by atoms with Crippen LogP contribution in [0.25, 0.3) is 0 Å². The van der Waals surface area contributed by atoms with Crippen LogP contribution >= 0.6 is 11.8 Å². The molecule has 0 aromatic carbocycles. The van der Waals surface area contributed by atoms with Gasteiger partial charge in [-0.3, -0.25) is 4.98 Å². The van der Waals surface area contributed by atoms with Crippen molar-refractivity contribution in [3.05, 3.63) is 30.1 Å². The summed E-state index contributed by atoms with van der Waals surface area (Å²) >= 11 is 1.77. The Morgan fingerprint density at radius 2 is 2.31 bits per heavy atom. The van der Waals surface area contributed by atoms with Gasteiger partial charge >= 0.3 is 0 Å². The maximum atomic E-state index is 6.00. The number of thioether (sulfide) groups is 1. The Labute approximate surface area is 83.9 Å². The van der Waals surface area contributed by atoms with Gasteiger partial charge in [0.15, 0.2) is 0 Å². The molecule has 1 aromatic rings. The second kappa shape index (κ2) is 5.25. The van der Waals surface area contributed by atoms with Crippen LogP contribution < -0.4 is 5.73 Å². The monoisotopic (exact) mass is 196 g/mol. The lowest BCUT2D eigenvalue weighted by atomic mass is 10.1. The third-order valence-electron chi connectivity index (χ3n) is 2.09. The topological polar surface area (TPSA) is 38.9 Å². The van der Waals surface area contributed by atoms with Crippen LogP contribution in [0.15, 0.2) is 24.4 Å². The van der Waals surface area contributed by atoms with Crippen LogP contribution in [0.1, 0.15) is 24.3 Å². The summed E-state index contributed by atoms with van der Waals surface area (Å²) < 4.78 is 0. The van der Waals surface area contributed by atoms with Gasteiger partial charge in [0, 0.05) is 12.2 Å². The van der Waals surface area contributed by atoms with E-state index in [9.17, 15) is 0 Å². The molecule has 0 bridgehead atoms. The van der Waals surface area contributed by atoms with Gasteiger partial charge in [-0.1, -0.05) is 13.0 Å². The molecule has 3 heteroatoms. The quantitative estimate of drug-likeness (QED) is 0.802. The number of nitrogens with two attached hydrogens (primary N) is 1. The normalized spacial score (nSPS) is 15.3. The van der Waals surface area contributed by atoms with E-state index in [2.05, 4.69) is 18.2 Å². The highest BCUT2D eigenvalue weighted by atomic mass is 32.2. The molecule has 1 aromatic heterocycles. The second-order valence-corrected chi connectivity index (χ2v) is 3.96. The molecule has 72 valence electrons. The van der Waals surface area contributed by atoms with E-state index in [-0.39, 0.29) is 6.04 Å². The van der Waals surface area contributed by atoms with Crippen molar-refractivity contribution in [2.45, 2.75) is 24.6 Å². The van der Waals surface area contributed by atoms with Crippen molar-refractivity contribution in [1.29, 1.82) is 0 Å². The number of hydrogen-bond acceptors (Lipinski definition) is 3. The number of nitrogens with zero attached hydrogens (tertiary/aromatic N) is 1. The van der Waals surface area contributed by atoms with Gasteiger partial charge in [0.25, 0.3) is 0 Å². The van der Waals surface area contributed by atoms with Crippen molar-refractivity contribution in [3.8, 4) is 0 Å². The maximum absolute atomic E-state index is 6.00. The van der Waals surface area contributed by atoms with Crippen molar-refractivity contribution in [1.82, 2.24) is 4.98 Å². The lowest BCUT2D eigenvalue weighted by molar-refractivity contribution is 0.625. The highest BCUT2D eigenvalue weighted by molar-refractivity contribution is 7.98. The molecule has 13 heavy (non-hydrogen) atoms. The molecule has 2 unspecified atom stereocenters. The Morgan fingerprint density at radius 3 is 2.77 bits per heavy atom. The minimum absolute atomic E-state index is 0.199. The molecule has 0 radical (unpaired) electrons. The molecule has 0 saturated carbocycles. The average molecular weight is 196 g/mol. The Kier molecular flexibility index (Phi) is 4.25. The SMILES string of the molecule is CCC(N)C(SC)c1ccccn1. The molecule has 0 saturated heterocycles. The summed E-state index contributed by atoms with van der Waals surface area (Å²) in [4.78, 5) is 4.32. The molecule has 1 heterocycles. The summed E-state index contributed by atoms with van der Waals surface area (Å²) in [6.07, 6.45) is 4.89. The Bertz CT molecular complexity index is 238. The largest absolute Gasteiger partial charge is 0.326 e. The summed E-state index contributed by atoms with van der Waals surface area (Å²) in [5, 5.41) is 0.325. The van der Waals surface area contributed by atoms with E-state index in [0.717, 1.165) is 12.1 Å². The van der Waals surface area contributed by atoms with Crippen LogP contribution in [0.2, 0.25) is 0 Å². The fourth-order valence-electron chi connectivity index (χ4n) is 1.27.